The van der Waals surface area contributed by atoms with E-state index in [1.54, 1.807) is 36.4 Å². The summed E-state index contributed by atoms with van der Waals surface area (Å²) in [5, 5.41) is 3.79. The van der Waals surface area contributed by atoms with Crippen LogP contribution < -0.4 is 14.8 Å². The third kappa shape index (κ3) is 8.03. The van der Waals surface area contributed by atoms with E-state index in [2.05, 4.69) is 29.9 Å². The molecule has 0 aliphatic heterocycles. The highest BCUT2D eigenvalue weighted by atomic mass is 35.5. The zero-order valence-corrected chi connectivity index (χ0v) is 21.3. The minimum absolute atomic E-state index is 0.362. The summed E-state index contributed by atoms with van der Waals surface area (Å²) in [6.45, 7) is 8.72. The van der Waals surface area contributed by atoms with Crippen LogP contribution in [-0.4, -0.2) is 24.7 Å². The second kappa shape index (κ2) is 13.2. The Balaban J connectivity index is 1.80. The van der Waals surface area contributed by atoms with Gasteiger partial charge in [-0.05, 0) is 62.4 Å². The fourth-order valence-corrected chi connectivity index (χ4v) is 3.26. The fourth-order valence-electron chi connectivity index (χ4n) is 3.13. The fraction of sp³-hybridized carbons (Fsp3) is 0.172. The van der Waals surface area contributed by atoms with Gasteiger partial charge in [0, 0.05) is 35.0 Å². The number of anilines is 1. The van der Waals surface area contributed by atoms with Gasteiger partial charge in [-0.15, -0.1) is 0 Å². The van der Waals surface area contributed by atoms with E-state index >= 15 is 0 Å². The topological polar surface area (TPSA) is 69.7 Å². The number of aromatic nitrogens is 1. The van der Waals surface area contributed by atoms with Gasteiger partial charge in [0.05, 0.1) is 19.3 Å². The van der Waals surface area contributed by atoms with E-state index in [4.69, 9.17) is 25.8 Å². The van der Waals surface area contributed by atoms with E-state index in [0.717, 1.165) is 12.0 Å². The molecule has 36 heavy (non-hydrogen) atoms. The van der Waals surface area contributed by atoms with E-state index in [9.17, 15) is 4.79 Å². The number of rotatable bonds is 11. The van der Waals surface area contributed by atoms with Gasteiger partial charge in [0.25, 0.3) is 0 Å². The van der Waals surface area contributed by atoms with E-state index in [0.29, 0.717) is 46.0 Å². The largest absolute Gasteiger partial charge is 0.493 e. The molecule has 3 aromatic rings. The van der Waals surface area contributed by atoms with Gasteiger partial charge in [-0.1, -0.05) is 42.0 Å². The summed E-state index contributed by atoms with van der Waals surface area (Å²) in [7, 11) is 1.33. The lowest BCUT2D eigenvalue weighted by Crippen LogP contribution is -2.04. The van der Waals surface area contributed by atoms with Crippen LogP contribution in [0, 0.1) is 0 Å². The lowest BCUT2D eigenvalue weighted by molar-refractivity contribution is 0.0600. The highest BCUT2D eigenvalue weighted by molar-refractivity contribution is 6.30. The maximum absolute atomic E-state index is 11.7. The average molecular weight is 505 g/mol. The molecule has 0 atom stereocenters. The summed E-state index contributed by atoms with van der Waals surface area (Å²) in [5.41, 5.74) is 2.93. The summed E-state index contributed by atoms with van der Waals surface area (Å²) in [4.78, 5) is 15.9. The molecule has 3 rings (SSSR count). The van der Waals surface area contributed by atoms with Gasteiger partial charge >= 0.3 is 5.97 Å². The van der Waals surface area contributed by atoms with Crippen LogP contribution in [0.2, 0.25) is 5.02 Å². The number of carbonyl (C=O) groups is 1. The standard InChI is InChI=1S/C29H29ClN2O4/c1-5-6-7-20(2)14-15-35-26-16-23(17-27(18-26)36-25-11-9-24(30)10-12-25)21(3)32-28-13-8-22(19-31-28)29(33)34-4/h5-13,16-19H,3,14-15H2,1-2,4H3,(H,31,32)/b6-5-,20-7+. The van der Waals surface area contributed by atoms with Gasteiger partial charge in [-0.2, -0.15) is 0 Å². The number of hydrogen-bond acceptors (Lipinski definition) is 6. The molecule has 1 N–H and O–H groups in total. The van der Waals surface area contributed by atoms with Crippen molar-refractivity contribution >= 4 is 29.1 Å². The summed E-state index contributed by atoms with van der Waals surface area (Å²) in [6, 6.07) is 16.0. The molecule has 0 aliphatic carbocycles. The molecular formula is C29H29ClN2O4. The first-order valence-corrected chi connectivity index (χ1v) is 11.8. The molecule has 0 radical (unpaired) electrons. The molecule has 0 spiro atoms. The number of allylic oxidation sites excluding steroid dienone is 3. The molecule has 1 heterocycles. The van der Waals surface area contributed by atoms with Crippen molar-refractivity contribution in [3.05, 3.63) is 107 Å². The number of carbonyl (C=O) groups excluding carboxylic acids is 1. The first-order valence-electron chi connectivity index (χ1n) is 11.4. The molecule has 0 bridgehead atoms. The molecule has 0 saturated heterocycles. The molecule has 7 heteroatoms. The zero-order valence-electron chi connectivity index (χ0n) is 20.6. The Morgan fingerprint density at radius 2 is 1.81 bits per heavy atom. The Morgan fingerprint density at radius 3 is 2.47 bits per heavy atom. The average Bonchev–Trinajstić information content (AvgIpc) is 2.88. The second-order valence-electron chi connectivity index (χ2n) is 7.91. The first-order chi connectivity index (χ1) is 17.4. The third-order valence-corrected chi connectivity index (χ3v) is 5.33. The number of hydrogen-bond donors (Lipinski definition) is 1. The maximum Gasteiger partial charge on any atom is 0.339 e. The Labute approximate surface area is 216 Å². The Kier molecular flexibility index (Phi) is 9.72. The Bertz CT molecular complexity index is 1250. The van der Waals surface area contributed by atoms with Crippen molar-refractivity contribution in [2.45, 2.75) is 20.3 Å². The van der Waals surface area contributed by atoms with Gasteiger partial charge in [-0.3, -0.25) is 0 Å². The van der Waals surface area contributed by atoms with Crippen molar-refractivity contribution in [3.63, 3.8) is 0 Å². The predicted octanol–water partition coefficient (Wildman–Crippen LogP) is 7.69. The van der Waals surface area contributed by atoms with Crippen molar-refractivity contribution in [1.29, 1.82) is 0 Å². The molecule has 0 unspecified atom stereocenters. The van der Waals surface area contributed by atoms with Crippen molar-refractivity contribution in [1.82, 2.24) is 4.98 Å². The van der Waals surface area contributed by atoms with Crippen molar-refractivity contribution in [2.75, 3.05) is 19.0 Å². The molecule has 6 nitrogen and oxygen atoms in total. The smallest absolute Gasteiger partial charge is 0.339 e. The zero-order chi connectivity index (χ0) is 25.9. The van der Waals surface area contributed by atoms with Gasteiger partial charge < -0.3 is 19.5 Å². The number of methoxy groups -OCH3 is 1. The highest BCUT2D eigenvalue weighted by Crippen LogP contribution is 2.31. The van der Waals surface area contributed by atoms with Crippen molar-refractivity contribution in [3.8, 4) is 17.2 Å². The monoisotopic (exact) mass is 504 g/mol. The van der Waals surface area contributed by atoms with Gasteiger partial charge in [0.15, 0.2) is 0 Å². The van der Waals surface area contributed by atoms with Crippen LogP contribution in [0.1, 0.15) is 36.2 Å². The summed E-state index contributed by atoms with van der Waals surface area (Å²) in [5.74, 6) is 1.96. The lowest BCUT2D eigenvalue weighted by Gasteiger charge is -2.15. The van der Waals surface area contributed by atoms with E-state index in [1.165, 1.54) is 18.9 Å². The number of benzene rings is 2. The van der Waals surface area contributed by atoms with Gasteiger partial charge in [0.1, 0.15) is 23.1 Å². The number of pyridine rings is 1. The lowest BCUT2D eigenvalue weighted by atomic mass is 10.1. The molecule has 0 fully saturated rings. The van der Waals surface area contributed by atoms with E-state index < -0.39 is 5.97 Å². The van der Waals surface area contributed by atoms with Crippen LogP contribution >= 0.6 is 11.6 Å². The van der Waals surface area contributed by atoms with Crippen LogP contribution in [0.5, 0.6) is 17.2 Å². The van der Waals surface area contributed by atoms with Crippen LogP contribution in [0.3, 0.4) is 0 Å². The van der Waals surface area contributed by atoms with Gasteiger partial charge in [-0.25, -0.2) is 9.78 Å². The number of nitrogens with one attached hydrogen (secondary N) is 1. The van der Waals surface area contributed by atoms with Crippen LogP contribution in [0.4, 0.5) is 5.82 Å². The number of ether oxygens (including phenoxy) is 3. The van der Waals surface area contributed by atoms with Crippen LogP contribution in [-0.2, 0) is 4.74 Å². The van der Waals surface area contributed by atoms with Gasteiger partial charge in [0.2, 0.25) is 0 Å². The minimum Gasteiger partial charge on any atom is -0.493 e. The maximum atomic E-state index is 11.7. The molecule has 186 valence electrons. The molecule has 1 aromatic heterocycles. The molecule has 0 amide bonds. The predicted molar refractivity (Wildman–Crippen MR) is 145 cm³/mol. The number of nitrogens with zero attached hydrogens (tertiary/aromatic N) is 1. The van der Waals surface area contributed by atoms with Crippen molar-refractivity contribution in [2.24, 2.45) is 0 Å². The number of esters is 1. The molecule has 0 saturated carbocycles. The quantitative estimate of drug-likeness (QED) is 0.213. The van der Waals surface area contributed by atoms with Crippen LogP contribution in [0.25, 0.3) is 5.70 Å². The Hall–Kier alpha value is -4.03. The normalized spacial score (nSPS) is 11.3. The molecule has 2 aromatic carbocycles. The SMILES string of the molecule is C=C(Nc1ccc(C(=O)OC)cn1)c1cc(OCC/C(C)=C/C=C\C)cc(Oc2ccc(Cl)cc2)c1. The van der Waals surface area contributed by atoms with Crippen molar-refractivity contribution < 1.29 is 19.0 Å². The van der Waals surface area contributed by atoms with Crippen LogP contribution in [0.15, 0.2) is 91.2 Å². The minimum atomic E-state index is -0.447. The van der Waals surface area contributed by atoms with E-state index in [-0.39, 0.29) is 0 Å². The summed E-state index contributed by atoms with van der Waals surface area (Å²) in [6.07, 6.45) is 8.30. The summed E-state index contributed by atoms with van der Waals surface area (Å²) >= 11 is 6.00. The first kappa shape index (κ1) is 26.6. The molecule has 0 aliphatic rings. The number of halogens is 1. The Morgan fingerprint density at radius 1 is 1.06 bits per heavy atom. The highest BCUT2D eigenvalue weighted by Gasteiger charge is 2.10. The third-order valence-electron chi connectivity index (χ3n) is 5.08. The second-order valence-corrected chi connectivity index (χ2v) is 8.35. The van der Waals surface area contributed by atoms with E-state index in [1.807, 2.05) is 37.3 Å². The molecular weight excluding hydrogens is 476 g/mol. The summed E-state index contributed by atoms with van der Waals surface area (Å²) < 4.78 is 16.8.